The molecule has 10 nitrogen and oxygen atoms in total. The Kier molecular flexibility index (Phi) is 11.0. The van der Waals surface area contributed by atoms with Crippen LogP contribution in [-0.2, 0) is 17.5 Å². The molecule has 43 heavy (non-hydrogen) atoms. The Labute approximate surface area is 248 Å². The van der Waals surface area contributed by atoms with E-state index in [0.29, 0.717) is 23.1 Å². The number of alkyl halides is 3. The summed E-state index contributed by atoms with van der Waals surface area (Å²) in [5.74, 6) is -0.439. The van der Waals surface area contributed by atoms with E-state index in [2.05, 4.69) is 20.9 Å². The first-order chi connectivity index (χ1) is 20.3. The SMILES string of the molecule is COc1ccc(CNC(=O)C(=N)C(CN)N=Cc2cc(F)cc(NC(=O)Nc3ccc(C(F)(F)F)cc3Cl)c2)c(OC)c1. The van der Waals surface area contributed by atoms with Crippen LogP contribution in [-0.4, -0.2) is 50.7 Å². The Hall–Kier alpha value is -4.69. The topological polar surface area (TPSA) is 151 Å². The van der Waals surface area contributed by atoms with E-state index in [4.69, 9.17) is 32.2 Å². The molecule has 0 heterocycles. The van der Waals surface area contributed by atoms with E-state index >= 15 is 0 Å². The van der Waals surface area contributed by atoms with E-state index in [1.54, 1.807) is 18.2 Å². The summed E-state index contributed by atoms with van der Waals surface area (Å²) in [6.45, 7) is -0.153. The van der Waals surface area contributed by atoms with E-state index in [-0.39, 0.29) is 35.1 Å². The summed E-state index contributed by atoms with van der Waals surface area (Å²) >= 11 is 5.85. The van der Waals surface area contributed by atoms with Crippen molar-refractivity contribution in [2.45, 2.75) is 18.8 Å². The van der Waals surface area contributed by atoms with Crippen molar-refractivity contribution in [2.24, 2.45) is 10.7 Å². The van der Waals surface area contributed by atoms with Crippen LogP contribution in [0, 0.1) is 11.2 Å². The molecule has 15 heteroatoms. The summed E-state index contributed by atoms with van der Waals surface area (Å²) in [5, 5.41) is 15.1. The number of nitrogens with two attached hydrogens (primary N) is 1. The van der Waals surface area contributed by atoms with Gasteiger partial charge in [0.2, 0.25) is 0 Å². The third-order valence-corrected chi connectivity index (χ3v) is 6.17. The average Bonchev–Trinajstić information content (AvgIpc) is 2.96. The number of anilines is 2. The second-order valence-corrected chi connectivity index (χ2v) is 9.26. The largest absolute Gasteiger partial charge is 0.497 e. The van der Waals surface area contributed by atoms with Crippen molar-refractivity contribution < 1.29 is 36.6 Å². The zero-order valence-corrected chi connectivity index (χ0v) is 23.6. The summed E-state index contributed by atoms with van der Waals surface area (Å²) in [6, 6.07) is 8.90. The summed E-state index contributed by atoms with van der Waals surface area (Å²) in [6.07, 6.45) is -3.43. The van der Waals surface area contributed by atoms with E-state index in [1.165, 1.54) is 26.5 Å². The van der Waals surface area contributed by atoms with Crippen LogP contribution in [0.2, 0.25) is 5.02 Å². The maximum absolute atomic E-state index is 14.3. The van der Waals surface area contributed by atoms with Crippen LogP contribution in [0.25, 0.3) is 0 Å². The van der Waals surface area contributed by atoms with E-state index in [1.807, 2.05) is 0 Å². The molecule has 0 bridgehead atoms. The maximum Gasteiger partial charge on any atom is 0.416 e. The number of ether oxygens (including phenoxy) is 2. The van der Waals surface area contributed by atoms with Gasteiger partial charge in [-0.2, -0.15) is 13.2 Å². The minimum atomic E-state index is -4.61. The van der Waals surface area contributed by atoms with Gasteiger partial charge in [-0.05, 0) is 54.1 Å². The predicted molar refractivity (Wildman–Crippen MR) is 155 cm³/mol. The Morgan fingerprint density at radius 1 is 1.07 bits per heavy atom. The highest BCUT2D eigenvalue weighted by atomic mass is 35.5. The fraction of sp³-hybridized carbons (Fsp3) is 0.214. The third kappa shape index (κ3) is 9.15. The van der Waals surface area contributed by atoms with Crippen LogP contribution in [0.5, 0.6) is 11.5 Å². The highest BCUT2D eigenvalue weighted by molar-refractivity contribution is 6.39. The van der Waals surface area contributed by atoms with Gasteiger partial charge < -0.3 is 31.2 Å². The third-order valence-electron chi connectivity index (χ3n) is 5.86. The number of benzene rings is 3. The Morgan fingerprint density at radius 2 is 1.81 bits per heavy atom. The van der Waals surface area contributed by atoms with Gasteiger partial charge in [0.25, 0.3) is 5.91 Å². The number of rotatable bonds is 11. The van der Waals surface area contributed by atoms with Crippen molar-refractivity contribution >= 4 is 46.8 Å². The zero-order chi connectivity index (χ0) is 31.7. The van der Waals surface area contributed by atoms with Crippen LogP contribution >= 0.6 is 11.6 Å². The lowest BCUT2D eigenvalue weighted by Gasteiger charge is -2.14. The summed E-state index contributed by atoms with van der Waals surface area (Å²) in [4.78, 5) is 29.1. The average molecular weight is 623 g/mol. The smallest absolute Gasteiger partial charge is 0.416 e. The number of carbonyl (C=O) groups is 2. The lowest BCUT2D eigenvalue weighted by atomic mass is 10.1. The van der Waals surface area contributed by atoms with Crippen LogP contribution < -0.4 is 31.2 Å². The summed E-state index contributed by atoms with van der Waals surface area (Å²) in [5.41, 5.74) is 4.98. The van der Waals surface area contributed by atoms with Gasteiger partial charge in [0.05, 0.1) is 30.5 Å². The number of amides is 3. The van der Waals surface area contributed by atoms with Gasteiger partial charge in [-0.25, -0.2) is 9.18 Å². The second kappa shape index (κ2) is 14.5. The first-order valence-electron chi connectivity index (χ1n) is 12.4. The number of carbonyl (C=O) groups excluding carboxylic acids is 2. The van der Waals surface area contributed by atoms with Gasteiger partial charge in [-0.15, -0.1) is 0 Å². The maximum atomic E-state index is 14.3. The molecule has 0 aliphatic heterocycles. The quantitative estimate of drug-likeness (QED) is 0.146. The molecule has 0 aliphatic rings. The van der Waals surface area contributed by atoms with Crippen LogP contribution in [0.1, 0.15) is 16.7 Å². The minimum Gasteiger partial charge on any atom is -0.497 e. The number of methoxy groups -OCH3 is 2. The van der Waals surface area contributed by atoms with Crippen molar-refractivity contribution in [1.29, 1.82) is 5.41 Å². The van der Waals surface area contributed by atoms with Crippen molar-refractivity contribution in [3.8, 4) is 11.5 Å². The molecule has 0 spiro atoms. The number of halogens is 5. The molecule has 3 aromatic carbocycles. The molecule has 228 valence electrons. The Morgan fingerprint density at radius 3 is 2.44 bits per heavy atom. The molecule has 1 atom stereocenters. The van der Waals surface area contributed by atoms with Crippen molar-refractivity contribution in [2.75, 3.05) is 31.4 Å². The molecule has 3 rings (SSSR count). The normalized spacial score (nSPS) is 12.0. The predicted octanol–water partition coefficient (Wildman–Crippen LogP) is 5.24. The first-order valence-corrected chi connectivity index (χ1v) is 12.8. The number of hydrogen-bond acceptors (Lipinski definition) is 7. The van der Waals surface area contributed by atoms with Crippen LogP contribution in [0.15, 0.2) is 59.6 Å². The molecule has 0 saturated carbocycles. The molecule has 0 aromatic heterocycles. The molecule has 6 N–H and O–H groups in total. The van der Waals surface area contributed by atoms with E-state index in [9.17, 15) is 27.2 Å². The van der Waals surface area contributed by atoms with E-state index in [0.717, 1.165) is 24.3 Å². The molecule has 0 saturated heterocycles. The fourth-order valence-electron chi connectivity index (χ4n) is 3.69. The molecular weight excluding hydrogens is 596 g/mol. The molecule has 1 unspecified atom stereocenters. The van der Waals surface area contributed by atoms with Gasteiger partial charge in [-0.1, -0.05) is 11.6 Å². The summed E-state index contributed by atoms with van der Waals surface area (Å²) in [7, 11) is 2.97. The van der Waals surface area contributed by atoms with Crippen molar-refractivity contribution in [3.63, 3.8) is 0 Å². The number of hydrogen-bond donors (Lipinski definition) is 5. The first kappa shape index (κ1) is 32.8. The lowest BCUT2D eigenvalue weighted by Crippen LogP contribution is -2.40. The fourth-order valence-corrected chi connectivity index (χ4v) is 3.91. The number of urea groups is 1. The molecule has 0 radical (unpaired) electrons. The monoisotopic (exact) mass is 622 g/mol. The van der Waals surface area contributed by atoms with Gasteiger partial charge >= 0.3 is 12.2 Å². The van der Waals surface area contributed by atoms with Gasteiger partial charge in [-0.3, -0.25) is 15.2 Å². The highest BCUT2D eigenvalue weighted by Crippen LogP contribution is 2.33. The van der Waals surface area contributed by atoms with Crippen LogP contribution in [0.3, 0.4) is 0 Å². The lowest BCUT2D eigenvalue weighted by molar-refractivity contribution is -0.137. The van der Waals surface area contributed by atoms with Gasteiger partial charge in [0.15, 0.2) is 0 Å². The van der Waals surface area contributed by atoms with E-state index < -0.39 is 41.2 Å². The number of aliphatic imine (C=N–C) groups is 1. The highest BCUT2D eigenvalue weighted by Gasteiger charge is 2.31. The van der Waals surface area contributed by atoms with Crippen LogP contribution in [0.4, 0.5) is 33.7 Å². The van der Waals surface area contributed by atoms with Crippen molar-refractivity contribution in [1.82, 2.24) is 5.32 Å². The minimum absolute atomic E-state index is 0.0208. The molecule has 3 aromatic rings. The van der Waals surface area contributed by atoms with Gasteiger partial charge in [0, 0.05) is 36.6 Å². The Balaban J connectivity index is 1.64. The molecular formula is C28H27ClF4N6O4. The Bertz CT molecular complexity index is 1530. The second-order valence-electron chi connectivity index (χ2n) is 8.85. The zero-order valence-electron chi connectivity index (χ0n) is 22.8. The molecule has 0 aliphatic carbocycles. The standard InChI is InChI=1S/C28H27ClF4N6O4/c1-42-20-5-3-16(24(11-20)43-2)14-37-26(40)25(35)23(12-34)36-13-15-7-18(30)10-19(8-15)38-27(41)39-22-6-4-17(9-21(22)29)28(31,32)33/h3-11,13,23,35H,12,14,34H2,1-2H3,(H,37,40)(H2,38,39,41). The number of nitrogens with zero attached hydrogens (tertiary/aromatic N) is 1. The number of nitrogens with one attached hydrogen (secondary N) is 4. The van der Waals surface area contributed by atoms with Crippen molar-refractivity contribution in [3.05, 3.63) is 82.1 Å². The molecule has 0 fully saturated rings. The van der Waals surface area contributed by atoms with Gasteiger partial charge in [0.1, 0.15) is 29.1 Å². The summed E-state index contributed by atoms with van der Waals surface area (Å²) < 4.78 is 63.2. The molecule has 3 amide bonds.